The quantitative estimate of drug-likeness (QED) is 0.576. The molecule has 1 aliphatic rings. The number of pyridine rings is 1. The van der Waals surface area contributed by atoms with E-state index >= 15 is 0 Å². The summed E-state index contributed by atoms with van der Waals surface area (Å²) >= 11 is 0. The molecule has 0 aliphatic heterocycles. The van der Waals surface area contributed by atoms with Gasteiger partial charge in [0.1, 0.15) is 0 Å². The Kier molecular flexibility index (Phi) is 5.39. The lowest BCUT2D eigenvalue weighted by Gasteiger charge is -2.23. The van der Waals surface area contributed by atoms with Crippen molar-refractivity contribution in [1.29, 1.82) is 0 Å². The summed E-state index contributed by atoms with van der Waals surface area (Å²) < 4.78 is 1.99. The van der Waals surface area contributed by atoms with E-state index in [9.17, 15) is 4.79 Å². The summed E-state index contributed by atoms with van der Waals surface area (Å²) in [6, 6.07) is 12.4. The van der Waals surface area contributed by atoms with Crippen molar-refractivity contribution < 1.29 is 4.79 Å². The van der Waals surface area contributed by atoms with E-state index in [2.05, 4.69) is 39.8 Å². The van der Waals surface area contributed by atoms with Crippen molar-refractivity contribution in [2.45, 2.75) is 65.3 Å². The Balaban J connectivity index is 1.74. The van der Waals surface area contributed by atoms with Crippen LogP contribution in [0.5, 0.6) is 0 Å². The molecule has 3 aromatic rings. The molecule has 1 aromatic carbocycles. The van der Waals surface area contributed by atoms with Gasteiger partial charge in [-0.15, -0.1) is 0 Å². The highest BCUT2D eigenvalue weighted by Crippen LogP contribution is 2.41. The standard InChI is InChI=1S/C25H32N4O/c1-6-28(15-14-18-10-8-7-9-11-18)24(30)20-16-21(19-12-13-19)26-23-22(20)17(2)27-29(23)25(3,4)5/h7-11,16,19H,6,12-15H2,1-5H3. The van der Waals surface area contributed by atoms with E-state index < -0.39 is 0 Å². The van der Waals surface area contributed by atoms with Gasteiger partial charge in [-0.3, -0.25) is 4.79 Å². The Labute approximate surface area is 179 Å². The third-order valence-electron chi connectivity index (χ3n) is 5.88. The summed E-state index contributed by atoms with van der Waals surface area (Å²) in [4.78, 5) is 20.6. The third-order valence-corrected chi connectivity index (χ3v) is 5.88. The molecule has 1 fully saturated rings. The normalized spacial score (nSPS) is 14.3. The Morgan fingerprint density at radius 1 is 1.20 bits per heavy atom. The van der Waals surface area contributed by atoms with Crippen molar-refractivity contribution in [2.24, 2.45) is 0 Å². The molecule has 30 heavy (non-hydrogen) atoms. The highest BCUT2D eigenvalue weighted by molar-refractivity contribution is 6.06. The van der Waals surface area contributed by atoms with Crippen molar-refractivity contribution in [2.75, 3.05) is 13.1 Å². The van der Waals surface area contributed by atoms with Gasteiger partial charge in [0.25, 0.3) is 5.91 Å². The number of aromatic nitrogens is 3. The third kappa shape index (κ3) is 3.98. The Morgan fingerprint density at radius 3 is 2.50 bits per heavy atom. The molecule has 0 atom stereocenters. The average molecular weight is 405 g/mol. The fourth-order valence-electron chi connectivity index (χ4n) is 4.02. The smallest absolute Gasteiger partial charge is 0.254 e. The zero-order chi connectivity index (χ0) is 21.5. The maximum Gasteiger partial charge on any atom is 0.254 e. The number of nitrogens with zero attached hydrogens (tertiary/aromatic N) is 4. The number of hydrogen-bond acceptors (Lipinski definition) is 3. The molecular weight excluding hydrogens is 372 g/mol. The average Bonchev–Trinajstić information content (AvgIpc) is 3.51. The topological polar surface area (TPSA) is 51.0 Å². The fourth-order valence-corrected chi connectivity index (χ4v) is 4.02. The molecule has 1 saturated carbocycles. The van der Waals surface area contributed by atoms with Gasteiger partial charge in [-0.2, -0.15) is 5.10 Å². The molecule has 0 bridgehead atoms. The molecular formula is C25H32N4O. The van der Waals surface area contributed by atoms with Crippen LogP contribution in [0, 0.1) is 6.92 Å². The molecule has 5 heteroatoms. The molecule has 2 aromatic heterocycles. The van der Waals surface area contributed by atoms with Gasteiger partial charge in [0.05, 0.1) is 22.2 Å². The van der Waals surface area contributed by atoms with Crippen LogP contribution in [0.15, 0.2) is 36.4 Å². The van der Waals surface area contributed by atoms with E-state index in [-0.39, 0.29) is 11.4 Å². The number of carbonyl (C=O) groups excluding carboxylic acids is 1. The van der Waals surface area contributed by atoms with Gasteiger partial charge in [-0.25, -0.2) is 9.67 Å². The number of carbonyl (C=O) groups is 1. The Hall–Kier alpha value is -2.69. The molecule has 158 valence electrons. The number of hydrogen-bond donors (Lipinski definition) is 0. The summed E-state index contributed by atoms with van der Waals surface area (Å²) in [7, 11) is 0. The van der Waals surface area contributed by atoms with E-state index in [1.54, 1.807) is 0 Å². The van der Waals surface area contributed by atoms with Crippen molar-refractivity contribution in [3.63, 3.8) is 0 Å². The fraction of sp³-hybridized carbons (Fsp3) is 0.480. The van der Waals surface area contributed by atoms with Crippen molar-refractivity contribution in [3.05, 3.63) is 58.9 Å². The van der Waals surface area contributed by atoms with Gasteiger partial charge in [0.15, 0.2) is 5.65 Å². The Bertz CT molecular complexity index is 1060. The van der Waals surface area contributed by atoms with Crippen LogP contribution < -0.4 is 0 Å². The predicted molar refractivity (Wildman–Crippen MR) is 121 cm³/mol. The second-order valence-electron chi connectivity index (χ2n) is 9.36. The predicted octanol–water partition coefficient (Wildman–Crippen LogP) is 5.08. The zero-order valence-electron chi connectivity index (χ0n) is 18.8. The summed E-state index contributed by atoms with van der Waals surface area (Å²) in [5.41, 5.74) is 4.56. The largest absolute Gasteiger partial charge is 0.339 e. The summed E-state index contributed by atoms with van der Waals surface area (Å²) in [6.07, 6.45) is 3.16. The Morgan fingerprint density at radius 2 is 1.90 bits per heavy atom. The van der Waals surface area contributed by atoms with Gasteiger partial charge in [0, 0.05) is 24.7 Å². The molecule has 0 radical (unpaired) electrons. The van der Waals surface area contributed by atoms with Crippen LogP contribution in [-0.2, 0) is 12.0 Å². The van der Waals surface area contributed by atoms with E-state index in [0.29, 0.717) is 19.0 Å². The SMILES string of the molecule is CCN(CCc1ccccc1)C(=O)c1cc(C2CC2)nc2c1c(C)nn2C(C)(C)C. The first-order valence-electron chi connectivity index (χ1n) is 11.0. The summed E-state index contributed by atoms with van der Waals surface area (Å²) in [6.45, 7) is 11.8. The van der Waals surface area contributed by atoms with Gasteiger partial charge >= 0.3 is 0 Å². The first kappa shape index (κ1) is 20.6. The molecule has 2 heterocycles. The van der Waals surface area contributed by atoms with Crippen LogP contribution in [0.2, 0.25) is 0 Å². The number of rotatable bonds is 6. The first-order valence-corrected chi connectivity index (χ1v) is 11.0. The van der Waals surface area contributed by atoms with Gasteiger partial charge < -0.3 is 4.90 Å². The van der Waals surface area contributed by atoms with E-state index in [4.69, 9.17) is 10.1 Å². The lowest BCUT2D eigenvalue weighted by atomic mass is 10.0. The minimum absolute atomic E-state index is 0.0827. The van der Waals surface area contributed by atoms with Crippen LogP contribution in [0.25, 0.3) is 11.0 Å². The lowest BCUT2D eigenvalue weighted by molar-refractivity contribution is 0.0768. The minimum Gasteiger partial charge on any atom is -0.339 e. The van der Waals surface area contributed by atoms with Crippen LogP contribution in [0.3, 0.4) is 0 Å². The second-order valence-corrected chi connectivity index (χ2v) is 9.36. The number of aryl methyl sites for hydroxylation is 1. The molecule has 0 saturated heterocycles. The van der Waals surface area contributed by atoms with E-state index in [1.807, 2.05) is 40.8 Å². The number of fused-ring (bicyclic) bond motifs is 1. The van der Waals surface area contributed by atoms with Crippen molar-refractivity contribution in [1.82, 2.24) is 19.7 Å². The molecule has 1 amide bonds. The zero-order valence-corrected chi connectivity index (χ0v) is 18.8. The van der Waals surface area contributed by atoms with E-state index in [0.717, 1.165) is 47.2 Å². The van der Waals surface area contributed by atoms with Gasteiger partial charge in [0.2, 0.25) is 0 Å². The molecule has 0 N–H and O–H groups in total. The maximum absolute atomic E-state index is 13.7. The number of likely N-dealkylation sites (N-methyl/N-ethyl adjacent to an activating group) is 1. The van der Waals surface area contributed by atoms with Crippen LogP contribution in [-0.4, -0.2) is 38.7 Å². The molecule has 0 unspecified atom stereocenters. The van der Waals surface area contributed by atoms with Crippen LogP contribution in [0.4, 0.5) is 0 Å². The van der Waals surface area contributed by atoms with Crippen LogP contribution in [0.1, 0.15) is 73.8 Å². The highest BCUT2D eigenvalue weighted by Gasteiger charge is 2.31. The molecule has 5 nitrogen and oxygen atoms in total. The van der Waals surface area contributed by atoms with E-state index in [1.165, 1.54) is 5.56 Å². The van der Waals surface area contributed by atoms with Gasteiger partial charge in [-0.1, -0.05) is 30.3 Å². The molecule has 4 rings (SSSR count). The molecule has 1 aliphatic carbocycles. The minimum atomic E-state index is -0.195. The van der Waals surface area contributed by atoms with Crippen molar-refractivity contribution in [3.8, 4) is 0 Å². The van der Waals surface area contributed by atoms with Gasteiger partial charge in [-0.05, 0) is 65.5 Å². The molecule has 0 spiro atoms. The summed E-state index contributed by atoms with van der Waals surface area (Å²) in [5, 5.41) is 5.69. The second kappa shape index (κ2) is 7.86. The summed E-state index contributed by atoms with van der Waals surface area (Å²) in [5.74, 6) is 0.559. The first-order chi connectivity index (χ1) is 14.3. The monoisotopic (exact) mass is 404 g/mol. The van der Waals surface area contributed by atoms with Crippen molar-refractivity contribution >= 4 is 16.9 Å². The van der Waals surface area contributed by atoms with Crippen LogP contribution >= 0.6 is 0 Å². The highest BCUT2D eigenvalue weighted by atomic mass is 16.2. The lowest BCUT2D eigenvalue weighted by Crippen LogP contribution is -2.33. The number of amides is 1. The maximum atomic E-state index is 13.7. The number of benzene rings is 1.